The number of ether oxygens (including phenoxy) is 2. The molecule has 0 fully saturated rings. The summed E-state index contributed by atoms with van der Waals surface area (Å²) >= 11 is 0. The van der Waals surface area contributed by atoms with Gasteiger partial charge in [0, 0.05) is 5.56 Å². The van der Waals surface area contributed by atoms with Crippen LogP contribution < -0.4 is 9.47 Å². The molecule has 0 saturated carbocycles. The zero-order valence-corrected chi connectivity index (χ0v) is 12.1. The molecule has 1 heterocycles. The predicted molar refractivity (Wildman–Crippen MR) is 73.9 cm³/mol. The molecule has 0 amide bonds. The Balaban J connectivity index is 2.27. The molecular formula is C14H19N3O3. The topological polar surface area (TPSA) is 69.4 Å². The van der Waals surface area contributed by atoms with Gasteiger partial charge in [0.2, 0.25) is 0 Å². The first-order valence-corrected chi connectivity index (χ1v) is 6.28. The van der Waals surface area contributed by atoms with Gasteiger partial charge in [-0.1, -0.05) is 5.21 Å². The summed E-state index contributed by atoms with van der Waals surface area (Å²) in [6.07, 6.45) is 1.72. The van der Waals surface area contributed by atoms with Gasteiger partial charge in [-0.15, -0.1) is 5.10 Å². The third-order valence-corrected chi connectivity index (χ3v) is 2.99. The van der Waals surface area contributed by atoms with Crippen LogP contribution in [0.25, 0.3) is 0 Å². The van der Waals surface area contributed by atoms with Gasteiger partial charge in [0.05, 0.1) is 27.0 Å². The van der Waals surface area contributed by atoms with Crippen molar-refractivity contribution in [3.8, 4) is 11.5 Å². The average molecular weight is 277 g/mol. The van der Waals surface area contributed by atoms with Crippen LogP contribution in [0.2, 0.25) is 0 Å². The van der Waals surface area contributed by atoms with Crippen LogP contribution in [-0.4, -0.2) is 34.3 Å². The molecule has 2 rings (SSSR count). The molecule has 20 heavy (non-hydrogen) atoms. The van der Waals surface area contributed by atoms with Gasteiger partial charge in [-0.25, -0.2) is 4.68 Å². The van der Waals surface area contributed by atoms with Gasteiger partial charge in [0.1, 0.15) is 22.8 Å². The van der Waals surface area contributed by atoms with E-state index >= 15 is 0 Å². The lowest BCUT2D eigenvalue weighted by Crippen LogP contribution is -2.15. The number of aromatic nitrogens is 3. The van der Waals surface area contributed by atoms with E-state index in [-0.39, 0.29) is 0 Å². The first-order chi connectivity index (χ1) is 9.44. The highest BCUT2D eigenvalue weighted by Crippen LogP contribution is 2.25. The smallest absolute Gasteiger partial charge is 0.124 e. The van der Waals surface area contributed by atoms with Crippen LogP contribution in [0.5, 0.6) is 11.5 Å². The highest BCUT2D eigenvalue weighted by molar-refractivity contribution is 5.40. The molecule has 0 atom stereocenters. The van der Waals surface area contributed by atoms with Crippen molar-refractivity contribution in [1.82, 2.24) is 15.0 Å². The summed E-state index contributed by atoms with van der Waals surface area (Å²) in [6.45, 7) is 3.84. The number of hydrogen-bond donors (Lipinski definition) is 1. The Labute approximate surface area is 117 Å². The van der Waals surface area contributed by atoms with E-state index in [0.29, 0.717) is 12.2 Å². The van der Waals surface area contributed by atoms with Crippen molar-refractivity contribution in [2.24, 2.45) is 0 Å². The number of aliphatic hydroxyl groups is 1. The van der Waals surface area contributed by atoms with E-state index < -0.39 is 5.60 Å². The van der Waals surface area contributed by atoms with Crippen molar-refractivity contribution in [1.29, 1.82) is 0 Å². The van der Waals surface area contributed by atoms with Crippen molar-refractivity contribution in [3.63, 3.8) is 0 Å². The van der Waals surface area contributed by atoms with Crippen molar-refractivity contribution in [2.45, 2.75) is 26.0 Å². The van der Waals surface area contributed by atoms with E-state index in [1.54, 1.807) is 38.9 Å². The molecule has 108 valence electrons. The molecule has 1 aromatic heterocycles. The zero-order chi connectivity index (χ0) is 14.8. The van der Waals surface area contributed by atoms with Crippen LogP contribution in [0.1, 0.15) is 25.1 Å². The number of nitrogens with zero attached hydrogens (tertiary/aromatic N) is 3. The monoisotopic (exact) mass is 277 g/mol. The fourth-order valence-corrected chi connectivity index (χ4v) is 1.84. The van der Waals surface area contributed by atoms with Gasteiger partial charge in [-0.05, 0) is 32.0 Å². The first kappa shape index (κ1) is 14.3. The molecule has 1 N–H and O–H groups in total. The summed E-state index contributed by atoms with van der Waals surface area (Å²) in [7, 11) is 3.24. The summed E-state index contributed by atoms with van der Waals surface area (Å²) in [5.74, 6) is 1.51. The second-order valence-electron chi connectivity index (χ2n) is 5.04. The maximum Gasteiger partial charge on any atom is 0.124 e. The minimum absolute atomic E-state index is 0.490. The minimum atomic E-state index is -1.00. The van der Waals surface area contributed by atoms with Gasteiger partial charge in [0.25, 0.3) is 0 Å². The van der Waals surface area contributed by atoms with E-state index in [0.717, 1.165) is 17.1 Å². The lowest BCUT2D eigenvalue weighted by Gasteiger charge is -2.12. The average Bonchev–Trinajstić information content (AvgIpc) is 2.87. The molecular weight excluding hydrogens is 258 g/mol. The highest BCUT2D eigenvalue weighted by Gasteiger charge is 2.20. The molecule has 0 spiro atoms. The summed E-state index contributed by atoms with van der Waals surface area (Å²) in [4.78, 5) is 0. The summed E-state index contributed by atoms with van der Waals surface area (Å²) in [5, 5.41) is 17.9. The van der Waals surface area contributed by atoms with E-state index in [9.17, 15) is 5.11 Å². The molecule has 0 aliphatic rings. The van der Waals surface area contributed by atoms with Crippen LogP contribution in [0.4, 0.5) is 0 Å². The quantitative estimate of drug-likeness (QED) is 0.898. The lowest BCUT2D eigenvalue weighted by molar-refractivity contribution is 0.0737. The van der Waals surface area contributed by atoms with Crippen LogP contribution in [0.15, 0.2) is 24.4 Å². The number of rotatable bonds is 5. The van der Waals surface area contributed by atoms with Crippen molar-refractivity contribution in [3.05, 3.63) is 35.7 Å². The standard InChI is InChI=1S/C14H19N3O3/c1-14(2,18)13-9-17(16-15-13)8-10-7-11(19-3)5-6-12(10)20-4/h5-7,9,18H,8H2,1-4H3. The van der Waals surface area contributed by atoms with Crippen LogP contribution in [-0.2, 0) is 12.1 Å². The molecule has 0 aliphatic heterocycles. The molecule has 1 aromatic carbocycles. The Kier molecular flexibility index (Phi) is 3.94. The molecule has 6 nitrogen and oxygen atoms in total. The SMILES string of the molecule is COc1ccc(OC)c(Cn2cc(C(C)(C)O)nn2)c1. The number of methoxy groups -OCH3 is 2. The molecule has 0 radical (unpaired) electrons. The Morgan fingerprint density at radius 3 is 2.55 bits per heavy atom. The number of benzene rings is 1. The third kappa shape index (κ3) is 3.08. The van der Waals surface area contributed by atoms with Crippen molar-refractivity contribution >= 4 is 0 Å². The fourth-order valence-electron chi connectivity index (χ4n) is 1.84. The Hall–Kier alpha value is -2.08. The Morgan fingerprint density at radius 2 is 2.00 bits per heavy atom. The second kappa shape index (κ2) is 5.50. The fraction of sp³-hybridized carbons (Fsp3) is 0.429. The normalized spacial score (nSPS) is 11.4. The first-order valence-electron chi connectivity index (χ1n) is 6.28. The van der Waals surface area contributed by atoms with E-state index in [4.69, 9.17) is 9.47 Å². The Morgan fingerprint density at radius 1 is 1.25 bits per heavy atom. The van der Waals surface area contributed by atoms with Gasteiger partial charge >= 0.3 is 0 Å². The van der Waals surface area contributed by atoms with E-state index in [1.165, 1.54) is 0 Å². The van der Waals surface area contributed by atoms with Crippen LogP contribution >= 0.6 is 0 Å². The maximum atomic E-state index is 9.89. The maximum absolute atomic E-state index is 9.89. The molecule has 6 heteroatoms. The zero-order valence-electron chi connectivity index (χ0n) is 12.1. The van der Waals surface area contributed by atoms with Gasteiger partial charge in [-0.2, -0.15) is 0 Å². The van der Waals surface area contributed by atoms with Crippen molar-refractivity contribution in [2.75, 3.05) is 14.2 Å². The minimum Gasteiger partial charge on any atom is -0.497 e. The number of hydrogen-bond acceptors (Lipinski definition) is 5. The summed E-state index contributed by atoms with van der Waals surface area (Å²) in [5.41, 5.74) is 0.454. The molecule has 0 aliphatic carbocycles. The summed E-state index contributed by atoms with van der Waals surface area (Å²) in [6, 6.07) is 5.58. The highest BCUT2D eigenvalue weighted by atomic mass is 16.5. The summed E-state index contributed by atoms with van der Waals surface area (Å²) < 4.78 is 12.2. The lowest BCUT2D eigenvalue weighted by atomic mass is 10.1. The van der Waals surface area contributed by atoms with Crippen LogP contribution in [0, 0.1) is 0 Å². The molecule has 0 saturated heterocycles. The Bertz CT molecular complexity index is 588. The van der Waals surface area contributed by atoms with Gasteiger partial charge < -0.3 is 14.6 Å². The predicted octanol–water partition coefficient (Wildman–Crippen LogP) is 1.57. The van der Waals surface area contributed by atoms with Crippen LogP contribution in [0.3, 0.4) is 0 Å². The van der Waals surface area contributed by atoms with Gasteiger partial charge in [0.15, 0.2) is 0 Å². The largest absolute Gasteiger partial charge is 0.497 e. The molecule has 0 unspecified atom stereocenters. The van der Waals surface area contributed by atoms with Crippen molar-refractivity contribution < 1.29 is 14.6 Å². The molecule has 0 bridgehead atoms. The second-order valence-corrected chi connectivity index (χ2v) is 5.04. The van der Waals surface area contributed by atoms with E-state index in [2.05, 4.69) is 10.3 Å². The van der Waals surface area contributed by atoms with Gasteiger partial charge in [-0.3, -0.25) is 0 Å². The van der Waals surface area contributed by atoms with E-state index in [1.807, 2.05) is 18.2 Å². The third-order valence-electron chi connectivity index (χ3n) is 2.99. The molecule has 2 aromatic rings.